The molecule has 3 rings (SSSR count). The van der Waals surface area contributed by atoms with Gasteiger partial charge < -0.3 is 9.15 Å². The van der Waals surface area contributed by atoms with E-state index in [9.17, 15) is 14.9 Å². The van der Waals surface area contributed by atoms with Crippen LogP contribution >= 0.6 is 11.3 Å². The minimum Gasteiger partial charge on any atom is -0.489 e. The van der Waals surface area contributed by atoms with Crippen LogP contribution in [0.1, 0.15) is 5.56 Å². The van der Waals surface area contributed by atoms with Gasteiger partial charge in [-0.3, -0.25) is 10.1 Å². The Labute approximate surface area is 122 Å². The molecule has 0 radical (unpaired) electrons. The Kier molecular flexibility index (Phi) is 3.41. The summed E-state index contributed by atoms with van der Waals surface area (Å²) in [7, 11) is 0. The van der Waals surface area contributed by atoms with Gasteiger partial charge in [0.2, 0.25) is 0 Å². The molecule has 1 heterocycles. The van der Waals surface area contributed by atoms with E-state index < -0.39 is 4.92 Å². The van der Waals surface area contributed by atoms with E-state index in [4.69, 9.17) is 9.15 Å². The van der Waals surface area contributed by atoms with Crippen molar-refractivity contribution in [2.24, 2.45) is 0 Å². The van der Waals surface area contributed by atoms with Crippen molar-refractivity contribution in [1.82, 2.24) is 0 Å². The zero-order valence-corrected chi connectivity index (χ0v) is 11.5. The molecule has 0 aliphatic rings. The molecule has 0 amide bonds. The average molecular weight is 303 g/mol. The lowest BCUT2D eigenvalue weighted by Crippen LogP contribution is -1.95. The molecule has 106 valence electrons. The molecule has 6 nitrogen and oxygen atoms in total. The fourth-order valence-electron chi connectivity index (χ4n) is 1.82. The summed E-state index contributed by atoms with van der Waals surface area (Å²) in [6.45, 7) is 0.276. The average Bonchev–Trinajstić information content (AvgIpc) is 2.84. The topological polar surface area (TPSA) is 82.6 Å². The van der Waals surface area contributed by atoms with Crippen LogP contribution in [0, 0.1) is 10.1 Å². The highest BCUT2D eigenvalue weighted by Gasteiger charge is 2.06. The Hall–Kier alpha value is -2.67. The number of hydrogen-bond acceptors (Lipinski definition) is 6. The molecule has 0 atom stereocenters. The first-order valence-corrected chi connectivity index (χ1v) is 6.83. The Morgan fingerprint density at radius 2 is 1.95 bits per heavy atom. The van der Waals surface area contributed by atoms with E-state index in [-0.39, 0.29) is 17.2 Å². The number of benzene rings is 2. The largest absolute Gasteiger partial charge is 0.489 e. The van der Waals surface area contributed by atoms with E-state index in [2.05, 4.69) is 0 Å². The van der Waals surface area contributed by atoms with Crippen LogP contribution in [0.15, 0.2) is 51.7 Å². The number of non-ortho nitro benzene ring substituents is 1. The lowest BCUT2D eigenvalue weighted by atomic mass is 10.2. The Morgan fingerprint density at radius 3 is 2.67 bits per heavy atom. The molecule has 0 saturated heterocycles. The second-order valence-corrected chi connectivity index (χ2v) is 5.25. The third kappa shape index (κ3) is 2.92. The normalized spacial score (nSPS) is 10.7. The van der Waals surface area contributed by atoms with Gasteiger partial charge in [-0.15, -0.1) is 0 Å². The summed E-state index contributed by atoms with van der Waals surface area (Å²) in [4.78, 5) is 20.9. The first-order valence-electron chi connectivity index (χ1n) is 6.02. The molecule has 1 aromatic heterocycles. The lowest BCUT2D eigenvalue weighted by Gasteiger charge is -2.05. The Morgan fingerprint density at radius 1 is 1.19 bits per heavy atom. The lowest BCUT2D eigenvalue weighted by molar-refractivity contribution is -0.384. The summed E-state index contributed by atoms with van der Waals surface area (Å²) in [6.07, 6.45) is 0. The molecule has 7 heteroatoms. The quantitative estimate of drug-likeness (QED) is 0.545. The first-order chi connectivity index (χ1) is 10.1. The smallest absolute Gasteiger partial charge is 0.396 e. The van der Waals surface area contributed by atoms with Gasteiger partial charge in [-0.05, 0) is 29.8 Å². The summed E-state index contributed by atoms with van der Waals surface area (Å²) in [6, 6.07) is 11.3. The maximum absolute atomic E-state index is 11.1. The fourth-order valence-corrected chi connectivity index (χ4v) is 2.47. The van der Waals surface area contributed by atoms with Gasteiger partial charge in [-0.25, -0.2) is 4.79 Å². The molecule has 0 saturated carbocycles. The van der Waals surface area contributed by atoms with Crippen molar-refractivity contribution in [3.05, 3.63) is 67.9 Å². The molecule has 0 N–H and O–H groups in total. The summed E-state index contributed by atoms with van der Waals surface area (Å²) in [5, 5.41) is 10.6. The maximum Gasteiger partial charge on any atom is 0.396 e. The number of rotatable bonds is 4. The Balaban J connectivity index is 1.73. The van der Waals surface area contributed by atoms with Crippen molar-refractivity contribution in [2.45, 2.75) is 6.61 Å². The van der Waals surface area contributed by atoms with Crippen LogP contribution in [0.4, 0.5) is 5.69 Å². The zero-order chi connectivity index (χ0) is 14.8. The zero-order valence-electron chi connectivity index (χ0n) is 10.6. The van der Waals surface area contributed by atoms with Crippen LogP contribution in [0.5, 0.6) is 5.75 Å². The summed E-state index contributed by atoms with van der Waals surface area (Å²) < 4.78 is 11.4. The predicted molar refractivity (Wildman–Crippen MR) is 77.8 cm³/mol. The van der Waals surface area contributed by atoms with Gasteiger partial charge in [0.15, 0.2) is 5.58 Å². The van der Waals surface area contributed by atoms with Crippen LogP contribution in [-0.4, -0.2) is 4.92 Å². The third-order valence-electron chi connectivity index (χ3n) is 2.85. The molecular weight excluding hydrogens is 294 g/mol. The first kappa shape index (κ1) is 13.3. The molecule has 0 fully saturated rings. The van der Waals surface area contributed by atoms with Gasteiger partial charge in [0.05, 0.1) is 9.62 Å². The van der Waals surface area contributed by atoms with Gasteiger partial charge in [0.25, 0.3) is 5.69 Å². The molecule has 0 aliphatic heterocycles. The van der Waals surface area contributed by atoms with E-state index >= 15 is 0 Å². The van der Waals surface area contributed by atoms with E-state index in [1.807, 2.05) is 0 Å². The number of fused-ring (bicyclic) bond motifs is 1. The number of nitro benzene ring substituents is 1. The van der Waals surface area contributed by atoms with Crippen LogP contribution in [-0.2, 0) is 6.61 Å². The summed E-state index contributed by atoms with van der Waals surface area (Å²) in [5.74, 6) is 0.572. The summed E-state index contributed by atoms with van der Waals surface area (Å²) in [5.41, 5.74) is 1.35. The number of hydrogen-bond donors (Lipinski definition) is 0. The van der Waals surface area contributed by atoms with E-state index in [1.54, 1.807) is 30.3 Å². The van der Waals surface area contributed by atoms with E-state index in [0.29, 0.717) is 11.3 Å². The summed E-state index contributed by atoms with van der Waals surface area (Å²) >= 11 is 1.04. The molecule has 21 heavy (non-hydrogen) atoms. The Bertz CT molecular complexity index is 850. The number of ether oxygens (including phenoxy) is 1. The maximum atomic E-state index is 11.1. The SMILES string of the molecule is O=c1oc2cc(OCc3ccc([N+](=O)[O-])cc3)ccc2s1. The van der Waals surface area contributed by atoms with Crippen molar-refractivity contribution in [2.75, 3.05) is 0 Å². The fraction of sp³-hybridized carbons (Fsp3) is 0.0714. The van der Waals surface area contributed by atoms with Gasteiger partial charge in [0.1, 0.15) is 12.4 Å². The molecule has 0 bridgehead atoms. The van der Waals surface area contributed by atoms with Gasteiger partial charge in [-0.1, -0.05) is 11.3 Å². The highest BCUT2D eigenvalue weighted by Crippen LogP contribution is 2.23. The van der Waals surface area contributed by atoms with Crippen molar-refractivity contribution >= 4 is 27.3 Å². The van der Waals surface area contributed by atoms with Crippen LogP contribution in [0.3, 0.4) is 0 Å². The highest BCUT2D eigenvalue weighted by molar-refractivity contribution is 7.16. The highest BCUT2D eigenvalue weighted by atomic mass is 32.1. The minimum atomic E-state index is -0.447. The van der Waals surface area contributed by atoms with Crippen molar-refractivity contribution in [1.29, 1.82) is 0 Å². The van der Waals surface area contributed by atoms with Crippen molar-refractivity contribution in [3.63, 3.8) is 0 Å². The van der Waals surface area contributed by atoms with Crippen molar-refractivity contribution in [3.8, 4) is 5.75 Å². The second-order valence-electron chi connectivity index (χ2n) is 4.27. The standard InChI is InChI=1S/C14H9NO5S/c16-14-20-12-7-11(5-6-13(12)21-14)19-8-9-1-3-10(4-2-9)15(17)18/h1-7H,8H2. The van der Waals surface area contributed by atoms with Gasteiger partial charge in [-0.2, -0.15) is 0 Å². The van der Waals surface area contributed by atoms with Gasteiger partial charge >= 0.3 is 4.94 Å². The van der Waals surface area contributed by atoms with E-state index in [1.165, 1.54) is 12.1 Å². The monoisotopic (exact) mass is 303 g/mol. The molecule has 0 aliphatic carbocycles. The predicted octanol–water partition coefficient (Wildman–Crippen LogP) is 3.34. The molecule has 0 unspecified atom stereocenters. The van der Waals surface area contributed by atoms with E-state index in [0.717, 1.165) is 21.6 Å². The molecule has 3 aromatic rings. The molecule has 0 spiro atoms. The second kappa shape index (κ2) is 5.37. The molecular formula is C14H9NO5S. The van der Waals surface area contributed by atoms with Crippen molar-refractivity contribution < 1.29 is 14.1 Å². The van der Waals surface area contributed by atoms with Crippen LogP contribution in [0.2, 0.25) is 0 Å². The minimum absolute atomic E-state index is 0.0419. The molecule has 2 aromatic carbocycles. The van der Waals surface area contributed by atoms with Gasteiger partial charge in [0, 0.05) is 18.2 Å². The van der Waals surface area contributed by atoms with Crippen LogP contribution < -0.4 is 9.68 Å². The van der Waals surface area contributed by atoms with Crippen LogP contribution in [0.25, 0.3) is 10.3 Å². The third-order valence-corrected chi connectivity index (χ3v) is 3.66. The number of nitro groups is 1. The number of nitrogens with zero attached hydrogens (tertiary/aromatic N) is 1.